The first-order chi connectivity index (χ1) is 7.15. The number of aryl methyl sites for hydroxylation is 1. The van der Waals surface area contributed by atoms with Gasteiger partial charge in [0.15, 0.2) is 0 Å². The van der Waals surface area contributed by atoms with Gasteiger partial charge >= 0.3 is 0 Å². The van der Waals surface area contributed by atoms with E-state index in [-0.39, 0.29) is 0 Å². The second kappa shape index (κ2) is 4.40. The molecule has 0 aromatic carbocycles. The monoisotopic (exact) mass is 224 g/mol. The Balaban J connectivity index is 2.02. The molecule has 1 aliphatic carbocycles. The Bertz CT molecular complexity index is 351. The number of rotatable bonds is 2. The van der Waals surface area contributed by atoms with E-state index in [1.807, 2.05) is 13.1 Å². The molecule has 1 heterocycles. The lowest BCUT2D eigenvalue weighted by atomic mass is 10.1. The van der Waals surface area contributed by atoms with Crippen molar-refractivity contribution < 1.29 is 0 Å². The summed E-state index contributed by atoms with van der Waals surface area (Å²) in [6.07, 6.45) is 5.68. The fourth-order valence-electron chi connectivity index (χ4n) is 2.21. The van der Waals surface area contributed by atoms with Crippen molar-refractivity contribution in [3.8, 4) is 0 Å². The van der Waals surface area contributed by atoms with Crippen molar-refractivity contribution in [1.29, 1.82) is 0 Å². The maximum absolute atomic E-state index is 5.88. The Morgan fingerprint density at radius 1 is 1.47 bits per heavy atom. The SMILES string of the molecule is Cc1cc(NC2CCC(C)C2)cnc1Cl. The smallest absolute Gasteiger partial charge is 0.132 e. The van der Waals surface area contributed by atoms with Gasteiger partial charge in [-0.25, -0.2) is 4.98 Å². The second-order valence-electron chi connectivity index (χ2n) is 4.59. The van der Waals surface area contributed by atoms with Gasteiger partial charge in [-0.2, -0.15) is 0 Å². The van der Waals surface area contributed by atoms with E-state index in [0.29, 0.717) is 11.2 Å². The van der Waals surface area contributed by atoms with Crippen LogP contribution in [0.3, 0.4) is 0 Å². The minimum absolute atomic E-state index is 0.598. The fourth-order valence-corrected chi connectivity index (χ4v) is 2.31. The molecule has 0 saturated heterocycles. The predicted octanol–water partition coefficient (Wildman–Crippen LogP) is 3.64. The molecule has 2 rings (SSSR count). The summed E-state index contributed by atoms with van der Waals surface area (Å²) in [6.45, 7) is 4.30. The third-order valence-electron chi connectivity index (χ3n) is 3.08. The van der Waals surface area contributed by atoms with Crippen LogP contribution in [-0.4, -0.2) is 11.0 Å². The van der Waals surface area contributed by atoms with Crippen LogP contribution in [-0.2, 0) is 0 Å². The molecular weight excluding hydrogens is 208 g/mol. The van der Waals surface area contributed by atoms with Crippen LogP contribution in [0.2, 0.25) is 5.15 Å². The van der Waals surface area contributed by atoms with E-state index in [9.17, 15) is 0 Å². The standard InChI is InChI=1S/C12H17ClN2/c1-8-3-4-10(5-8)15-11-6-9(2)12(13)14-7-11/h6-8,10,15H,3-5H2,1-2H3. The van der Waals surface area contributed by atoms with Crippen LogP contribution < -0.4 is 5.32 Å². The lowest BCUT2D eigenvalue weighted by Gasteiger charge is -2.14. The molecule has 2 atom stereocenters. The summed E-state index contributed by atoms with van der Waals surface area (Å²) < 4.78 is 0. The Hall–Kier alpha value is -0.760. The van der Waals surface area contributed by atoms with E-state index in [2.05, 4.69) is 23.3 Å². The molecule has 1 saturated carbocycles. The molecule has 1 aromatic heterocycles. The molecule has 1 fully saturated rings. The number of anilines is 1. The molecule has 2 unspecified atom stereocenters. The maximum atomic E-state index is 5.88. The quantitative estimate of drug-likeness (QED) is 0.776. The topological polar surface area (TPSA) is 24.9 Å². The number of hydrogen-bond donors (Lipinski definition) is 1. The largest absolute Gasteiger partial charge is 0.381 e. The van der Waals surface area contributed by atoms with Gasteiger partial charge in [0.1, 0.15) is 5.15 Å². The van der Waals surface area contributed by atoms with E-state index in [1.165, 1.54) is 19.3 Å². The van der Waals surface area contributed by atoms with Crippen molar-refractivity contribution in [2.75, 3.05) is 5.32 Å². The second-order valence-corrected chi connectivity index (χ2v) is 4.95. The Morgan fingerprint density at radius 3 is 2.87 bits per heavy atom. The number of halogens is 1. The first kappa shape index (κ1) is 10.7. The van der Waals surface area contributed by atoms with Crippen LogP contribution in [0.1, 0.15) is 31.7 Å². The highest BCUT2D eigenvalue weighted by Gasteiger charge is 2.20. The molecule has 0 radical (unpaired) electrons. The van der Waals surface area contributed by atoms with Gasteiger partial charge in [-0.15, -0.1) is 0 Å². The number of hydrogen-bond acceptors (Lipinski definition) is 2. The van der Waals surface area contributed by atoms with Crippen molar-refractivity contribution in [2.24, 2.45) is 5.92 Å². The van der Waals surface area contributed by atoms with Crippen molar-refractivity contribution in [2.45, 2.75) is 39.2 Å². The Morgan fingerprint density at radius 2 is 2.27 bits per heavy atom. The zero-order valence-electron chi connectivity index (χ0n) is 9.26. The average Bonchev–Trinajstić information content (AvgIpc) is 2.58. The van der Waals surface area contributed by atoms with Crippen molar-refractivity contribution >= 4 is 17.3 Å². The number of nitrogens with zero attached hydrogens (tertiary/aromatic N) is 1. The first-order valence-corrected chi connectivity index (χ1v) is 5.91. The van der Waals surface area contributed by atoms with Gasteiger partial charge in [-0.1, -0.05) is 18.5 Å². The molecular formula is C12H17ClN2. The molecule has 1 aromatic rings. The molecule has 15 heavy (non-hydrogen) atoms. The Labute approximate surface area is 96.1 Å². The van der Waals surface area contributed by atoms with Gasteiger partial charge in [0.05, 0.1) is 11.9 Å². The van der Waals surface area contributed by atoms with Gasteiger partial charge in [0, 0.05) is 6.04 Å². The van der Waals surface area contributed by atoms with E-state index in [4.69, 9.17) is 11.6 Å². The van der Waals surface area contributed by atoms with Gasteiger partial charge in [-0.05, 0) is 43.7 Å². The highest BCUT2D eigenvalue weighted by molar-refractivity contribution is 6.30. The third-order valence-corrected chi connectivity index (χ3v) is 3.48. The van der Waals surface area contributed by atoms with Gasteiger partial charge in [0.25, 0.3) is 0 Å². The maximum Gasteiger partial charge on any atom is 0.132 e. The number of nitrogens with one attached hydrogen (secondary N) is 1. The van der Waals surface area contributed by atoms with Crippen molar-refractivity contribution in [1.82, 2.24) is 4.98 Å². The highest BCUT2D eigenvalue weighted by Crippen LogP contribution is 2.27. The van der Waals surface area contributed by atoms with Crippen LogP contribution in [0.25, 0.3) is 0 Å². The van der Waals surface area contributed by atoms with Crippen LogP contribution >= 0.6 is 11.6 Å². The first-order valence-electron chi connectivity index (χ1n) is 5.54. The molecule has 3 heteroatoms. The molecule has 0 spiro atoms. The normalized spacial score (nSPS) is 25.5. The van der Waals surface area contributed by atoms with Crippen LogP contribution in [0.5, 0.6) is 0 Å². The highest BCUT2D eigenvalue weighted by atomic mass is 35.5. The molecule has 1 aliphatic rings. The van der Waals surface area contributed by atoms with E-state index < -0.39 is 0 Å². The average molecular weight is 225 g/mol. The van der Waals surface area contributed by atoms with Crippen LogP contribution in [0.15, 0.2) is 12.3 Å². The fraction of sp³-hybridized carbons (Fsp3) is 0.583. The molecule has 0 bridgehead atoms. The molecule has 82 valence electrons. The van der Waals surface area contributed by atoms with Crippen molar-refractivity contribution in [3.05, 3.63) is 23.0 Å². The summed E-state index contributed by atoms with van der Waals surface area (Å²) in [7, 11) is 0. The minimum atomic E-state index is 0.598. The van der Waals surface area contributed by atoms with Gasteiger partial charge in [-0.3, -0.25) is 0 Å². The summed E-state index contributed by atoms with van der Waals surface area (Å²) in [5, 5.41) is 4.12. The molecule has 0 amide bonds. The molecule has 0 aliphatic heterocycles. The lowest BCUT2D eigenvalue weighted by molar-refractivity contribution is 0.602. The zero-order valence-corrected chi connectivity index (χ0v) is 10.0. The van der Waals surface area contributed by atoms with Gasteiger partial charge in [0.2, 0.25) is 0 Å². The van der Waals surface area contributed by atoms with E-state index in [1.54, 1.807) is 0 Å². The number of aromatic nitrogens is 1. The lowest BCUT2D eigenvalue weighted by Crippen LogP contribution is -2.15. The van der Waals surface area contributed by atoms with Gasteiger partial charge < -0.3 is 5.32 Å². The summed E-state index contributed by atoms with van der Waals surface area (Å²) in [5.41, 5.74) is 2.13. The predicted molar refractivity (Wildman–Crippen MR) is 64.4 cm³/mol. The third kappa shape index (κ3) is 2.63. The van der Waals surface area contributed by atoms with Crippen LogP contribution in [0, 0.1) is 12.8 Å². The minimum Gasteiger partial charge on any atom is -0.381 e. The Kier molecular flexibility index (Phi) is 3.15. The zero-order chi connectivity index (χ0) is 10.8. The summed E-state index contributed by atoms with van der Waals surface area (Å²) in [6, 6.07) is 2.68. The summed E-state index contributed by atoms with van der Waals surface area (Å²) in [5.74, 6) is 0.851. The number of pyridine rings is 1. The summed E-state index contributed by atoms with van der Waals surface area (Å²) >= 11 is 5.88. The molecule has 1 N–H and O–H groups in total. The van der Waals surface area contributed by atoms with E-state index in [0.717, 1.165) is 17.2 Å². The molecule has 2 nitrogen and oxygen atoms in total. The van der Waals surface area contributed by atoms with Crippen LogP contribution in [0.4, 0.5) is 5.69 Å². The van der Waals surface area contributed by atoms with E-state index >= 15 is 0 Å². The van der Waals surface area contributed by atoms with Crippen molar-refractivity contribution in [3.63, 3.8) is 0 Å². The summed E-state index contributed by atoms with van der Waals surface area (Å²) in [4.78, 5) is 4.14.